The first-order valence-corrected chi connectivity index (χ1v) is 9.63. The van der Waals surface area contributed by atoms with Crippen molar-refractivity contribution in [2.24, 2.45) is 0 Å². The lowest BCUT2D eigenvalue weighted by Gasteiger charge is -2.09. The summed E-state index contributed by atoms with van der Waals surface area (Å²) in [6.07, 6.45) is 2.11. The van der Waals surface area contributed by atoms with Gasteiger partial charge in [0.15, 0.2) is 0 Å². The van der Waals surface area contributed by atoms with E-state index in [2.05, 4.69) is 26.7 Å². The molecule has 0 aliphatic heterocycles. The molecule has 6 nitrogen and oxygen atoms in total. The highest BCUT2D eigenvalue weighted by atomic mass is 32.1. The number of carbonyl (C=O) groups is 1. The van der Waals surface area contributed by atoms with Crippen molar-refractivity contribution in [3.05, 3.63) is 70.6 Å². The van der Waals surface area contributed by atoms with E-state index < -0.39 is 0 Å². The number of Topliss-reactive ketones (excluding diaryl/α,β-unsaturated/α-hetero) is 1. The summed E-state index contributed by atoms with van der Waals surface area (Å²) in [6.45, 7) is 3.95. The first kappa shape index (κ1) is 18.2. The van der Waals surface area contributed by atoms with Crippen LogP contribution < -0.4 is 0 Å². The minimum atomic E-state index is 0.163. The van der Waals surface area contributed by atoms with Gasteiger partial charge in [-0.3, -0.25) is 4.79 Å². The van der Waals surface area contributed by atoms with Gasteiger partial charge in [-0.25, -0.2) is 0 Å². The minimum absolute atomic E-state index is 0.163. The van der Waals surface area contributed by atoms with Gasteiger partial charge in [-0.15, -0.1) is 15.3 Å². The number of hydrogen-bond acceptors (Lipinski definition) is 7. The number of nitrogens with zero attached hydrogens (tertiary/aromatic N) is 4. The molecule has 28 heavy (non-hydrogen) atoms. The van der Waals surface area contributed by atoms with Crippen molar-refractivity contribution in [2.45, 2.75) is 26.7 Å². The minimum Gasteiger partial charge on any atom is -0.423 e. The predicted octanol–water partition coefficient (Wildman–Crippen LogP) is 4.23. The molecule has 2 aromatic heterocycles. The molecule has 0 N–H and O–H groups in total. The Morgan fingerprint density at radius 1 is 1.00 bits per heavy atom. The average molecular weight is 390 g/mol. The zero-order valence-electron chi connectivity index (χ0n) is 15.5. The van der Waals surface area contributed by atoms with Gasteiger partial charge in [0.05, 0.1) is 10.6 Å². The number of hydrogen-bond donors (Lipinski definition) is 0. The number of aryl methyl sites for hydroxylation is 2. The van der Waals surface area contributed by atoms with E-state index in [1.807, 2.05) is 49.4 Å². The van der Waals surface area contributed by atoms with E-state index in [1.54, 1.807) is 0 Å². The molecule has 0 atom stereocenters. The summed E-state index contributed by atoms with van der Waals surface area (Å²) in [6, 6.07) is 14.1. The molecule has 0 spiro atoms. The molecule has 2 heterocycles. The molecule has 0 aliphatic rings. The van der Waals surface area contributed by atoms with Gasteiger partial charge in [0.25, 0.3) is 0 Å². The molecule has 4 rings (SSSR count). The van der Waals surface area contributed by atoms with E-state index in [0.717, 1.165) is 38.4 Å². The van der Waals surface area contributed by atoms with Gasteiger partial charge in [0.1, 0.15) is 5.78 Å². The van der Waals surface area contributed by atoms with Gasteiger partial charge < -0.3 is 4.42 Å². The van der Waals surface area contributed by atoms with E-state index in [9.17, 15) is 4.79 Å². The van der Waals surface area contributed by atoms with Gasteiger partial charge in [-0.05, 0) is 59.8 Å². The number of aromatic nitrogens is 4. The first-order valence-electron chi connectivity index (χ1n) is 8.86. The average Bonchev–Trinajstić information content (AvgIpc) is 3.36. The first-order chi connectivity index (χ1) is 13.6. The quantitative estimate of drug-likeness (QED) is 0.490. The van der Waals surface area contributed by atoms with E-state index in [-0.39, 0.29) is 5.78 Å². The zero-order valence-corrected chi connectivity index (χ0v) is 16.4. The van der Waals surface area contributed by atoms with Crippen molar-refractivity contribution in [2.75, 3.05) is 0 Å². The van der Waals surface area contributed by atoms with Gasteiger partial charge in [-0.2, -0.15) is 0 Å². The molecule has 0 amide bonds. The molecule has 2 aromatic carbocycles. The standard InChI is InChI=1S/C21H18N4O2S/c1-13-3-6-17(21-24-22-12-27-21)10-19(13)16-7-4-15(5-8-16)9-18(26)11-20-14(2)23-25-28-20/h3-8,10,12H,9,11H2,1-2H3. The summed E-state index contributed by atoms with van der Waals surface area (Å²) in [4.78, 5) is 13.3. The van der Waals surface area contributed by atoms with Crippen molar-refractivity contribution >= 4 is 17.3 Å². The van der Waals surface area contributed by atoms with Crippen molar-refractivity contribution in [1.82, 2.24) is 19.8 Å². The summed E-state index contributed by atoms with van der Waals surface area (Å²) < 4.78 is 9.18. The van der Waals surface area contributed by atoms with Crippen LogP contribution in [0.5, 0.6) is 0 Å². The van der Waals surface area contributed by atoms with Gasteiger partial charge in [-0.1, -0.05) is 34.8 Å². The van der Waals surface area contributed by atoms with Gasteiger partial charge in [0, 0.05) is 18.4 Å². The lowest BCUT2D eigenvalue weighted by atomic mass is 9.96. The predicted molar refractivity (Wildman–Crippen MR) is 107 cm³/mol. The highest BCUT2D eigenvalue weighted by Gasteiger charge is 2.12. The largest absolute Gasteiger partial charge is 0.423 e. The van der Waals surface area contributed by atoms with Crippen molar-refractivity contribution < 1.29 is 9.21 Å². The molecule has 0 bridgehead atoms. The maximum absolute atomic E-state index is 12.3. The van der Waals surface area contributed by atoms with E-state index in [1.165, 1.54) is 17.9 Å². The lowest BCUT2D eigenvalue weighted by Crippen LogP contribution is -2.06. The fourth-order valence-electron chi connectivity index (χ4n) is 3.05. The monoisotopic (exact) mass is 390 g/mol. The van der Waals surface area contributed by atoms with Crippen LogP contribution in [0, 0.1) is 13.8 Å². The van der Waals surface area contributed by atoms with Crippen molar-refractivity contribution in [1.29, 1.82) is 0 Å². The van der Waals surface area contributed by atoms with Crippen LogP contribution in [0.2, 0.25) is 0 Å². The Morgan fingerprint density at radius 2 is 1.79 bits per heavy atom. The molecular formula is C21H18N4O2S. The fourth-order valence-corrected chi connectivity index (χ4v) is 3.71. The van der Waals surface area contributed by atoms with Gasteiger partial charge in [0.2, 0.25) is 12.3 Å². The maximum Gasteiger partial charge on any atom is 0.247 e. The van der Waals surface area contributed by atoms with E-state index >= 15 is 0 Å². The molecule has 0 saturated heterocycles. The SMILES string of the molecule is Cc1ccc(-c2nnco2)cc1-c1ccc(CC(=O)Cc2snnc2C)cc1. The summed E-state index contributed by atoms with van der Waals surface area (Å²) >= 11 is 1.29. The molecule has 4 aromatic rings. The lowest BCUT2D eigenvalue weighted by molar-refractivity contribution is -0.117. The van der Waals surface area contributed by atoms with Crippen LogP contribution in [0.4, 0.5) is 0 Å². The third kappa shape index (κ3) is 3.89. The number of benzene rings is 2. The second kappa shape index (κ2) is 7.82. The zero-order chi connectivity index (χ0) is 19.5. The topological polar surface area (TPSA) is 81.8 Å². The summed E-state index contributed by atoms with van der Waals surface area (Å²) in [7, 11) is 0. The van der Waals surface area contributed by atoms with Crippen LogP contribution in [0.1, 0.15) is 21.7 Å². The molecule has 0 aliphatic carbocycles. The molecular weight excluding hydrogens is 372 g/mol. The Morgan fingerprint density at radius 3 is 2.46 bits per heavy atom. The fraction of sp³-hybridized carbons (Fsp3) is 0.190. The maximum atomic E-state index is 12.3. The van der Waals surface area contributed by atoms with Crippen LogP contribution >= 0.6 is 11.5 Å². The smallest absolute Gasteiger partial charge is 0.247 e. The van der Waals surface area contributed by atoms with Crippen LogP contribution in [0.3, 0.4) is 0 Å². The van der Waals surface area contributed by atoms with E-state index in [4.69, 9.17) is 4.42 Å². The second-order valence-corrected chi connectivity index (χ2v) is 7.48. The molecule has 0 fully saturated rings. The van der Waals surface area contributed by atoms with Crippen LogP contribution in [0.25, 0.3) is 22.6 Å². The van der Waals surface area contributed by atoms with Crippen LogP contribution in [-0.4, -0.2) is 25.6 Å². The Bertz CT molecular complexity index is 1100. The van der Waals surface area contributed by atoms with Crippen LogP contribution in [0.15, 0.2) is 53.3 Å². The molecule has 140 valence electrons. The Hall–Kier alpha value is -3.19. The second-order valence-electron chi connectivity index (χ2n) is 6.64. The molecule has 0 unspecified atom stereocenters. The van der Waals surface area contributed by atoms with Crippen molar-refractivity contribution in [3.8, 4) is 22.6 Å². The van der Waals surface area contributed by atoms with Crippen molar-refractivity contribution in [3.63, 3.8) is 0 Å². The number of carbonyl (C=O) groups excluding carboxylic acids is 1. The number of ketones is 1. The van der Waals surface area contributed by atoms with E-state index in [0.29, 0.717) is 18.7 Å². The Labute approximate surface area is 166 Å². The normalized spacial score (nSPS) is 10.9. The van der Waals surface area contributed by atoms with Gasteiger partial charge >= 0.3 is 0 Å². The Kier molecular flexibility index (Phi) is 5.08. The number of rotatable bonds is 6. The summed E-state index contributed by atoms with van der Waals surface area (Å²) in [5, 5.41) is 11.7. The molecule has 0 radical (unpaired) electrons. The third-order valence-corrected chi connectivity index (χ3v) is 5.44. The van der Waals surface area contributed by atoms with Crippen LogP contribution in [-0.2, 0) is 17.6 Å². The Balaban J connectivity index is 1.51. The molecule has 7 heteroatoms. The molecule has 0 saturated carbocycles. The third-order valence-electron chi connectivity index (χ3n) is 4.61. The summed E-state index contributed by atoms with van der Waals surface area (Å²) in [5.41, 5.74) is 6.04. The highest BCUT2D eigenvalue weighted by Crippen LogP contribution is 2.29. The summed E-state index contributed by atoms with van der Waals surface area (Å²) in [5.74, 6) is 0.660. The highest BCUT2D eigenvalue weighted by molar-refractivity contribution is 7.05.